The van der Waals surface area contributed by atoms with Crippen LogP contribution in [0.1, 0.15) is 425 Å². The van der Waals surface area contributed by atoms with E-state index in [1.165, 1.54) is 321 Å². The zero-order chi connectivity index (χ0) is 59.2. The van der Waals surface area contributed by atoms with Crippen molar-refractivity contribution in [2.75, 3.05) is 13.2 Å². The molecule has 0 bridgehead atoms. The summed E-state index contributed by atoms with van der Waals surface area (Å²) in [5, 5.41) is 0. The van der Waals surface area contributed by atoms with Crippen molar-refractivity contribution in [3.05, 3.63) is 24.3 Å². The van der Waals surface area contributed by atoms with Crippen LogP contribution in [0.2, 0.25) is 0 Å². The molecule has 0 N–H and O–H groups in total. The number of carbonyl (C=O) groups excluding carboxylic acids is 3. The third kappa shape index (κ3) is 68.7. The molecular formula is C76H144O6. The summed E-state index contributed by atoms with van der Waals surface area (Å²) in [5.41, 5.74) is 0. The maximum Gasteiger partial charge on any atom is 0.306 e. The van der Waals surface area contributed by atoms with Crippen molar-refractivity contribution in [2.24, 2.45) is 0 Å². The van der Waals surface area contributed by atoms with Gasteiger partial charge in [0.1, 0.15) is 13.2 Å². The lowest BCUT2D eigenvalue weighted by Gasteiger charge is -2.18. The molecule has 0 aliphatic heterocycles. The minimum absolute atomic E-state index is 0.0652. The Balaban J connectivity index is 4.15. The number of allylic oxidation sites excluding steroid dienone is 4. The predicted molar refractivity (Wildman–Crippen MR) is 358 cm³/mol. The molecule has 0 aromatic carbocycles. The average Bonchev–Trinajstić information content (AvgIpc) is 3.47. The van der Waals surface area contributed by atoms with E-state index in [0.29, 0.717) is 19.3 Å². The van der Waals surface area contributed by atoms with Crippen LogP contribution in [-0.4, -0.2) is 37.2 Å². The first-order chi connectivity index (χ1) is 40.5. The van der Waals surface area contributed by atoms with E-state index >= 15 is 0 Å². The number of rotatable bonds is 70. The normalized spacial score (nSPS) is 12.1. The molecule has 0 aliphatic carbocycles. The van der Waals surface area contributed by atoms with Crippen molar-refractivity contribution in [1.82, 2.24) is 0 Å². The third-order valence-corrected chi connectivity index (χ3v) is 17.2. The van der Waals surface area contributed by atoms with Gasteiger partial charge >= 0.3 is 17.9 Å². The molecule has 0 fully saturated rings. The number of hydrogen-bond donors (Lipinski definition) is 0. The first-order valence-electron chi connectivity index (χ1n) is 37.3. The zero-order valence-corrected chi connectivity index (χ0v) is 55.8. The highest BCUT2D eigenvalue weighted by atomic mass is 16.6. The van der Waals surface area contributed by atoms with Crippen molar-refractivity contribution in [3.63, 3.8) is 0 Å². The number of hydrogen-bond acceptors (Lipinski definition) is 6. The highest BCUT2D eigenvalue weighted by molar-refractivity contribution is 5.71. The van der Waals surface area contributed by atoms with Crippen LogP contribution in [0.25, 0.3) is 0 Å². The number of ether oxygens (including phenoxy) is 3. The molecule has 82 heavy (non-hydrogen) atoms. The fourth-order valence-electron chi connectivity index (χ4n) is 11.6. The van der Waals surface area contributed by atoms with Gasteiger partial charge in [0, 0.05) is 19.3 Å². The second-order valence-electron chi connectivity index (χ2n) is 25.6. The molecule has 1 unspecified atom stereocenters. The fourth-order valence-corrected chi connectivity index (χ4v) is 11.6. The molecule has 0 aromatic heterocycles. The Hall–Kier alpha value is -2.11. The second-order valence-corrected chi connectivity index (χ2v) is 25.6. The van der Waals surface area contributed by atoms with Crippen molar-refractivity contribution in [2.45, 2.75) is 431 Å². The third-order valence-electron chi connectivity index (χ3n) is 17.2. The first kappa shape index (κ1) is 79.9. The van der Waals surface area contributed by atoms with Crippen LogP contribution in [-0.2, 0) is 28.6 Å². The van der Waals surface area contributed by atoms with Crippen LogP contribution < -0.4 is 0 Å². The largest absolute Gasteiger partial charge is 0.462 e. The molecule has 0 radical (unpaired) electrons. The van der Waals surface area contributed by atoms with Gasteiger partial charge in [-0.05, 0) is 51.4 Å². The predicted octanol–water partition coefficient (Wildman–Crippen LogP) is 25.7. The maximum atomic E-state index is 13.0. The SMILES string of the molecule is CCCCCCC/C=C\C/C=C\CCCCCCCCCCCCCC(=O)OC(COC(=O)CCCCCCCCCCCCCC)COC(=O)CCCCCCCCCCCCCCCCCCCCCCCCCCCCCCC. The number of esters is 3. The summed E-state index contributed by atoms with van der Waals surface area (Å²) in [6.45, 7) is 6.71. The molecule has 6 heteroatoms. The average molecular weight is 1150 g/mol. The fraction of sp³-hybridized carbons (Fsp3) is 0.908. The van der Waals surface area contributed by atoms with E-state index in [1.54, 1.807) is 0 Å². The van der Waals surface area contributed by atoms with Crippen LogP contribution >= 0.6 is 0 Å². The van der Waals surface area contributed by atoms with Gasteiger partial charge in [-0.2, -0.15) is 0 Å². The van der Waals surface area contributed by atoms with E-state index in [2.05, 4.69) is 45.1 Å². The van der Waals surface area contributed by atoms with E-state index in [0.717, 1.165) is 64.2 Å². The van der Waals surface area contributed by atoms with Crippen molar-refractivity contribution in [3.8, 4) is 0 Å². The molecule has 0 rings (SSSR count). The summed E-state index contributed by atoms with van der Waals surface area (Å²) < 4.78 is 17.0. The first-order valence-corrected chi connectivity index (χ1v) is 37.3. The molecule has 0 aliphatic rings. The van der Waals surface area contributed by atoms with Crippen molar-refractivity contribution >= 4 is 17.9 Å². The van der Waals surface area contributed by atoms with E-state index in [-0.39, 0.29) is 31.1 Å². The lowest BCUT2D eigenvalue weighted by atomic mass is 10.0. The molecule has 0 saturated carbocycles. The van der Waals surface area contributed by atoms with Gasteiger partial charge in [0.2, 0.25) is 0 Å². The van der Waals surface area contributed by atoms with Gasteiger partial charge in [-0.25, -0.2) is 0 Å². The van der Waals surface area contributed by atoms with Gasteiger partial charge < -0.3 is 14.2 Å². The minimum atomic E-state index is -0.769. The second kappa shape index (κ2) is 71.4. The Morgan fingerprint density at radius 2 is 0.439 bits per heavy atom. The summed E-state index contributed by atoms with van der Waals surface area (Å²) in [4.78, 5) is 38.4. The van der Waals surface area contributed by atoms with Crippen molar-refractivity contribution < 1.29 is 28.6 Å². The Morgan fingerprint density at radius 1 is 0.244 bits per heavy atom. The lowest BCUT2D eigenvalue weighted by molar-refractivity contribution is -0.167. The summed E-state index contributed by atoms with van der Waals surface area (Å²) in [6, 6.07) is 0. The van der Waals surface area contributed by atoms with Crippen LogP contribution in [0.4, 0.5) is 0 Å². The molecule has 6 nitrogen and oxygen atoms in total. The van der Waals surface area contributed by atoms with Gasteiger partial charge in [0.15, 0.2) is 6.10 Å². The lowest BCUT2D eigenvalue weighted by Crippen LogP contribution is -2.30. The quantitative estimate of drug-likeness (QED) is 0.0261. The minimum Gasteiger partial charge on any atom is -0.462 e. The Labute approximate surface area is 513 Å². The van der Waals surface area contributed by atoms with Gasteiger partial charge in [-0.3, -0.25) is 14.4 Å². The Morgan fingerprint density at radius 3 is 0.671 bits per heavy atom. The zero-order valence-electron chi connectivity index (χ0n) is 55.8. The highest BCUT2D eigenvalue weighted by Crippen LogP contribution is 2.19. The molecule has 1 atom stereocenters. The van der Waals surface area contributed by atoms with Gasteiger partial charge in [-0.15, -0.1) is 0 Å². The highest BCUT2D eigenvalue weighted by Gasteiger charge is 2.20. The molecule has 0 spiro atoms. The van der Waals surface area contributed by atoms with Crippen LogP contribution in [0.3, 0.4) is 0 Å². The standard InChI is InChI=1S/C76H144O6/c1-4-7-10-13-16-19-22-25-27-29-31-33-35-36-37-38-39-40-42-43-45-47-49-51-54-57-60-63-66-69-75(78)81-72-73(71-80-74(77)68-65-62-59-56-53-24-21-18-15-12-9-6-3)82-76(79)70-67-64-61-58-55-52-50-48-46-44-41-34-32-30-28-26-23-20-17-14-11-8-5-2/h23,26,30,32,73H,4-22,24-25,27-29,31,33-72H2,1-3H3/b26-23-,32-30-. The molecule has 0 saturated heterocycles. The maximum absolute atomic E-state index is 13.0. The van der Waals surface area contributed by atoms with E-state index in [9.17, 15) is 14.4 Å². The number of unbranched alkanes of at least 4 members (excludes halogenated alkanes) is 55. The topological polar surface area (TPSA) is 78.9 Å². The smallest absolute Gasteiger partial charge is 0.306 e. The van der Waals surface area contributed by atoms with Crippen LogP contribution in [0.15, 0.2) is 24.3 Å². The summed E-state index contributed by atoms with van der Waals surface area (Å²) in [5.74, 6) is -0.834. The summed E-state index contributed by atoms with van der Waals surface area (Å²) in [6.07, 6.45) is 88.0. The molecule has 0 aromatic rings. The monoisotopic (exact) mass is 1150 g/mol. The van der Waals surface area contributed by atoms with E-state index in [1.807, 2.05) is 0 Å². The van der Waals surface area contributed by atoms with Crippen molar-refractivity contribution in [1.29, 1.82) is 0 Å². The molecule has 484 valence electrons. The number of carbonyl (C=O) groups is 3. The van der Waals surface area contributed by atoms with E-state index in [4.69, 9.17) is 14.2 Å². The van der Waals surface area contributed by atoms with E-state index < -0.39 is 6.10 Å². The van der Waals surface area contributed by atoms with Gasteiger partial charge in [0.25, 0.3) is 0 Å². The van der Waals surface area contributed by atoms with Crippen LogP contribution in [0, 0.1) is 0 Å². The summed E-state index contributed by atoms with van der Waals surface area (Å²) in [7, 11) is 0. The summed E-state index contributed by atoms with van der Waals surface area (Å²) >= 11 is 0. The molecular weight excluding hydrogens is 1010 g/mol. The molecule has 0 heterocycles. The Kier molecular flexibility index (Phi) is 69.5. The van der Waals surface area contributed by atoms with Crippen LogP contribution in [0.5, 0.6) is 0 Å². The Bertz CT molecular complexity index is 1320. The van der Waals surface area contributed by atoms with Gasteiger partial charge in [0.05, 0.1) is 0 Å². The molecule has 0 amide bonds. The van der Waals surface area contributed by atoms with Gasteiger partial charge in [-0.1, -0.05) is 379 Å².